The minimum atomic E-state index is -0.227. The molecule has 2 aliphatic heterocycles. The van der Waals surface area contributed by atoms with Gasteiger partial charge in [-0.1, -0.05) is 161 Å². The van der Waals surface area contributed by atoms with Gasteiger partial charge in [0.2, 0.25) is 0 Å². The molecule has 0 saturated heterocycles. The first-order chi connectivity index (χ1) is 33.8. The first-order valence-corrected chi connectivity index (χ1v) is 25.5. The Bertz CT molecular complexity index is 4140. The summed E-state index contributed by atoms with van der Waals surface area (Å²) < 4.78 is 12.2. The van der Waals surface area contributed by atoms with E-state index in [-0.39, 0.29) is 28.5 Å². The van der Waals surface area contributed by atoms with Crippen molar-refractivity contribution in [1.82, 2.24) is 14.1 Å². The third-order valence-electron chi connectivity index (χ3n) is 16.8. The Hall–Kier alpha value is -7.31. The van der Waals surface area contributed by atoms with E-state index in [1.807, 2.05) is 0 Å². The van der Waals surface area contributed by atoms with Gasteiger partial charge in [-0.05, 0) is 126 Å². The van der Waals surface area contributed by atoms with E-state index >= 15 is 0 Å². The van der Waals surface area contributed by atoms with E-state index in [0.29, 0.717) is 0 Å². The van der Waals surface area contributed by atoms with Gasteiger partial charge in [-0.15, -0.1) is 0 Å². The molecule has 0 atom stereocenters. The zero-order valence-electron chi connectivity index (χ0n) is 43.1. The van der Waals surface area contributed by atoms with Crippen LogP contribution in [0, 0.1) is 0 Å². The number of hydrogen-bond donors (Lipinski definition) is 0. The predicted octanol–water partition coefficient (Wildman–Crippen LogP) is 15.7. The van der Waals surface area contributed by atoms with Gasteiger partial charge in [0.15, 0.2) is 0 Å². The van der Waals surface area contributed by atoms with Crippen LogP contribution in [0.3, 0.4) is 0 Å². The number of para-hydroxylation sites is 1. The third kappa shape index (κ3) is 5.68. The fourth-order valence-corrected chi connectivity index (χ4v) is 12.9. The number of nitrogens with zero attached hydrogens (tertiary/aromatic N) is 4. The van der Waals surface area contributed by atoms with Crippen LogP contribution in [-0.4, -0.2) is 21.0 Å². The summed E-state index contributed by atoms with van der Waals surface area (Å²) in [7, 11) is 2.17. The number of hydrogen-bond acceptors (Lipinski definition) is 3. The molecule has 6 heteroatoms. The van der Waals surface area contributed by atoms with Crippen LogP contribution in [0.5, 0.6) is 0 Å². The molecule has 1 aliphatic carbocycles. The Morgan fingerprint density at radius 1 is 0.563 bits per heavy atom. The minimum Gasteiger partial charge on any atom is -0.455 e. The van der Waals surface area contributed by atoms with E-state index in [4.69, 9.17) is 9.40 Å². The van der Waals surface area contributed by atoms with Crippen molar-refractivity contribution in [2.75, 3.05) is 4.81 Å². The zero-order valence-corrected chi connectivity index (χ0v) is 43.1. The van der Waals surface area contributed by atoms with Crippen molar-refractivity contribution >= 4 is 83.9 Å². The van der Waals surface area contributed by atoms with E-state index < -0.39 is 0 Å². The normalized spacial score (nSPS) is 14.8. The summed E-state index contributed by atoms with van der Waals surface area (Å²) in [6, 6.07) is 53.3. The predicted molar refractivity (Wildman–Crippen MR) is 300 cm³/mol. The van der Waals surface area contributed by atoms with Crippen LogP contribution in [0.1, 0.15) is 104 Å². The SMILES string of the molecule is Cn1c(-c2ccccc2)nc2cc3c(cc21)-n1c2ccc(C(C)(C)C)cc2c2c4oc5ccccc5c4c4c(c21)B3N(c1ccc(C(C)(C)C)cc1)c1cc2c(cc1-4)-c1cc(C(C)(C)C)ccc1C2(C)C. The molecule has 0 spiro atoms. The molecule has 0 N–H and O–H groups in total. The minimum absolute atomic E-state index is 0.00109. The lowest BCUT2D eigenvalue weighted by atomic mass is 9.43. The van der Waals surface area contributed by atoms with Crippen LogP contribution in [0.4, 0.5) is 11.4 Å². The number of aromatic nitrogens is 3. The van der Waals surface area contributed by atoms with Crippen LogP contribution in [0.25, 0.3) is 94.1 Å². The van der Waals surface area contributed by atoms with Crippen LogP contribution < -0.4 is 15.7 Å². The average molecular weight is 923 g/mol. The van der Waals surface area contributed by atoms with Crippen LogP contribution in [0.15, 0.2) is 144 Å². The number of furan rings is 1. The molecule has 348 valence electrons. The second-order valence-electron chi connectivity index (χ2n) is 24.5. The Kier molecular flexibility index (Phi) is 8.25. The highest BCUT2D eigenvalue weighted by Crippen LogP contribution is 2.57. The van der Waals surface area contributed by atoms with Crippen molar-refractivity contribution in [2.24, 2.45) is 7.05 Å². The van der Waals surface area contributed by atoms with Crippen molar-refractivity contribution in [3.8, 4) is 39.3 Å². The molecular weight excluding hydrogens is 864 g/mol. The number of benzene rings is 8. The van der Waals surface area contributed by atoms with Crippen molar-refractivity contribution in [3.63, 3.8) is 0 Å². The molecule has 11 aromatic rings. The number of fused-ring (bicyclic) bond motifs is 17. The van der Waals surface area contributed by atoms with Crippen molar-refractivity contribution in [3.05, 3.63) is 167 Å². The fraction of sp³-hybridized carbons (Fsp3) is 0.246. The third-order valence-corrected chi connectivity index (χ3v) is 16.8. The van der Waals surface area contributed by atoms with Gasteiger partial charge >= 0.3 is 6.85 Å². The second-order valence-corrected chi connectivity index (χ2v) is 24.5. The lowest BCUT2D eigenvalue weighted by Gasteiger charge is -2.43. The molecule has 5 nitrogen and oxygen atoms in total. The topological polar surface area (TPSA) is 39.1 Å². The molecule has 3 aromatic heterocycles. The lowest BCUT2D eigenvalue weighted by Crippen LogP contribution is -2.60. The Labute approximate surface area is 416 Å². The molecule has 0 unspecified atom stereocenters. The van der Waals surface area contributed by atoms with Gasteiger partial charge in [-0.3, -0.25) is 0 Å². The Morgan fingerprint density at radius 2 is 1.23 bits per heavy atom. The molecule has 0 saturated carbocycles. The molecule has 0 radical (unpaired) electrons. The average Bonchev–Trinajstić information content (AvgIpc) is 4.05. The summed E-state index contributed by atoms with van der Waals surface area (Å²) in [4.78, 5) is 8.19. The first kappa shape index (κ1) is 42.6. The van der Waals surface area contributed by atoms with Crippen molar-refractivity contribution in [2.45, 2.75) is 97.8 Å². The number of anilines is 2. The van der Waals surface area contributed by atoms with Gasteiger partial charge in [-0.25, -0.2) is 4.98 Å². The van der Waals surface area contributed by atoms with Crippen LogP contribution >= 0.6 is 0 Å². The molecule has 3 aliphatic rings. The molecular formula is C65H59BN4O. The summed E-state index contributed by atoms with van der Waals surface area (Å²) in [5.41, 5.74) is 25.1. The van der Waals surface area contributed by atoms with E-state index in [1.54, 1.807) is 0 Å². The van der Waals surface area contributed by atoms with E-state index in [1.165, 1.54) is 105 Å². The maximum Gasteiger partial charge on any atom is 0.333 e. The molecule has 71 heavy (non-hydrogen) atoms. The highest BCUT2D eigenvalue weighted by molar-refractivity contribution is 6.94. The molecule has 5 heterocycles. The van der Waals surface area contributed by atoms with Gasteiger partial charge in [-0.2, -0.15) is 0 Å². The van der Waals surface area contributed by atoms with Crippen LogP contribution in [-0.2, 0) is 28.7 Å². The number of aryl methyl sites for hydroxylation is 1. The summed E-state index contributed by atoms with van der Waals surface area (Å²) in [5, 5.41) is 4.72. The molecule has 0 amide bonds. The van der Waals surface area contributed by atoms with Crippen molar-refractivity contribution < 1.29 is 4.42 Å². The van der Waals surface area contributed by atoms with E-state index in [2.05, 4.69) is 237 Å². The monoisotopic (exact) mass is 922 g/mol. The fourth-order valence-electron chi connectivity index (χ4n) is 12.9. The van der Waals surface area contributed by atoms with E-state index in [9.17, 15) is 0 Å². The summed E-state index contributed by atoms with van der Waals surface area (Å²) in [6.07, 6.45) is 0. The summed E-state index contributed by atoms with van der Waals surface area (Å²) >= 11 is 0. The summed E-state index contributed by atoms with van der Waals surface area (Å²) in [6.45, 7) is 25.5. The van der Waals surface area contributed by atoms with Gasteiger partial charge in [0.1, 0.15) is 17.0 Å². The highest BCUT2D eigenvalue weighted by atomic mass is 16.3. The molecule has 14 rings (SSSR count). The Morgan fingerprint density at radius 3 is 1.96 bits per heavy atom. The molecule has 0 fully saturated rings. The maximum absolute atomic E-state index is 7.33. The number of imidazole rings is 1. The van der Waals surface area contributed by atoms with Gasteiger partial charge in [0.05, 0.1) is 27.5 Å². The van der Waals surface area contributed by atoms with E-state index in [0.717, 1.165) is 39.0 Å². The smallest absolute Gasteiger partial charge is 0.333 e. The highest BCUT2D eigenvalue weighted by Gasteiger charge is 2.48. The van der Waals surface area contributed by atoms with Crippen LogP contribution in [0.2, 0.25) is 0 Å². The summed E-state index contributed by atoms with van der Waals surface area (Å²) in [5.74, 6) is 0.957. The lowest BCUT2D eigenvalue weighted by molar-refractivity contribution is 0.589. The molecule has 0 bridgehead atoms. The quantitative estimate of drug-likeness (QED) is 0.162. The van der Waals surface area contributed by atoms with Gasteiger partial charge < -0.3 is 18.4 Å². The Balaban J connectivity index is 1.20. The van der Waals surface area contributed by atoms with Crippen molar-refractivity contribution in [1.29, 1.82) is 0 Å². The first-order valence-electron chi connectivity index (χ1n) is 25.5. The zero-order chi connectivity index (χ0) is 49.0. The maximum atomic E-state index is 7.33. The molecule has 8 aromatic carbocycles. The number of rotatable bonds is 2. The van der Waals surface area contributed by atoms with Gasteiger partial charge in [0, 0.05) is 56.8 Å². The standard InChI is InChI=1S/C65H59BN4O/c1-62(2,3)37-22-26-40(27-23-37)70-51-33-47-43(42-30-38(63(4,5)6)24-28-46(42)65(47,10)11)32-45(51)55-56-41-20-16-17-21-54(41)71-60(56)57-44-31-39(64(7,8)9)25-29-50(44)69-52-35-53-49(34-48(52)66(70)58(55)59(57)69)67-61(68(53)12)36-18-14-13-15-19-36/h13-35H,1-12H3. The van der Waals surface area contributed by atoms with Gasteiger partial charge in [0.25, 0.3) is 0 Å². The second kappa shape index (κ2) is 13.8. The largest absolute Gasteiger partial charge is 0.455 e.